The second-order valence-electron chi connectivity index (χ2n) is 20.0. The van der Waals surface area contributed by atoms with Crippen LogP contribution in [0.2, 0.25) is 0 Å². The van der Waals surface area contributed by atoms with Crippen LogP contribution in [0.4, 0.5) is 0 Å². The first kappa shape index (κ1) is 43.1. The van der Waals surface area contributed by atoms with Gasteiger partial charge in [0, 0.05) is 60.2 Å². The van der Waals surface area contributed by atoms with Gasteiger partial charge in [-0.15, -0.1) is 0 Å². The normalized spacial score (nSPS) is 12.5. The number of hydrogen-bond donors (Lipinski definition) is 0. The minimum atomic E-state index is 0.526. The van der Waals surface area contributed by atoms with Crippen molar-refractivity contribution in [3.63, 3.8) is 0 Å². The lowest BCUT2D eigenvalue weighted by Crippen LogP contribution is -2.10. The monoisotopic (exact) mass is 983 g/mol. The fourth-order valence-corrected chi connectivity index (χ4v) is 12.2. The van der Waals surface area contributed by atoms with Crippen LogP contribution in [-0.4, -0.2) is 33.2 Å². The van der Waals surface area contributed by atoms with E-state index in [1.54, 1.807) is 0 Å². The largest absolute Gasteiger partial charge is 0.309 e. The summed E-state index contributed by atoms with van der Waals surface area (Å²) in [5.41, 5.74) is 17.3. The lowest BCUT2D eigenvalue weighted by Gasteiger charge is -2.14. The van der Waals surface area contributed by atoms with Crippen molar-refractivity contribution >= 4 is 88.5 Å². The van der Waals surface area contributed by atoms with Crippen molar-refractivity contribution in [3.05, 3.63) is 260 Å². The molecule has 5 aromatic heterocycles. The van der Waals surface area contributed by atoms with E-state index in [-0.39, 0.29) is 0 Å². The number of allylic oxidation sites excluding steroid dienone is 2. The van der Waals surface area contributed by atoms with Crippen molar-refractivity contribution in [3.8, 4) is 56.9 Å². The van der Waals surface area contributed by atoms with Gasteiger partial charge in [-0.3, -0.25) is 9.13 Å². The Morgan fingerprint density at radius 2 is 0.662 bits per heavy atom. The Hall–Kier alpha value is -10.4. The molecule has 1 aliphatic rings. The third-order valence-electron chi connectivity index (χ3n) is 15.6. The number of aromatic nitrogens is 7. The number of benzene rings is 10. The van der Waals surface area contributed by atoms with Gasteiger partial charge >= 0.3 is 0 Å². The Balaban J connectivity index is 1.02. The number of hydrogen-bond acceptors (Lipinski definition) is 3. The molecule has 7 heteroatoms. The lowest BCUT2D eigenvalue weighted by atomic mass is 9.96. The fourth-order valence-electron chi connectivity index (χ4n) is 12.2. The highest BCUT2D eigenvalue weighted by Crippen LogP contribution is 2.43. The van der Waals surface area contributed by atoms with Crippen molar-refractivity contribution in [1.29, 1.82) is 0 Å². The summed E-state index contributed by atoms with van der Waals surface area (Å²) in [6.07, 6.45) is 9.94. The minimum Gasteiger partial charge on any atom is -0.309 e. The summed E-state index contributed by atoms with van der Waals surface area (Å²) in [5.74, 6) is 1.62. The van der Waals surface area contributed by atoms with Crippen LogP contribution in [0.3, 0.4) is 0 Å². The fraction of sp³-hybridized carbons (Fsp3) is 0.0143. The van der Waals surface area contributed by atoms with Crippen LogP contribution < -0.4 is 0 Å². The second kappa shape index (κ2) is 17.1. The van der Waals surface area contributed by atoms with Crippen molar-refractivity contribution in [2.75, 3.05) is 0 Å². The molecule has 7 nitrogen and oxygen atoms in total. The van der Waals surface area contributed by atoms with Crippen LogP contribution in [0.25, 0.3) is 145 Å². The summed E-state index contributed by atoms with van der Waals surface area (Å²) < 4.78 is 9.31. The first-order valence-corrected chi connectivity index (χ1v) is 26.3. The van der Waals surface area contributed by atoms with E-state index in [0.717, 1.165) is 122 Å². The molecule has 10 aromatic carbocycles. The average Bonchev–Trinajstić information content (AvgIpc) is 4.23. The highest BCUT2D eigenvalue weighted by molar-refractivity contribution is 6.19. The molecule has 0 aliphatic heterocycles. The Morgan fingerprint density at radius 3 is 1.18 bits per heavy atom. The van der Waals surface area contributed by atoms with Crippen LogP contribution in [0.5, 0.6) is 0 Å². The molecular weight excluding hydrogens is 939 g/mol. The molecule has 0 saturated heterocycles. The molecule has 360 valence electrons. The van der Waals surface area contributed by atoms with E-state index in [9.17, 15) is 0 Å². The summed E-state index contributed by atoms with van der Waals surface area (Å²) in [4.78, 5) is 17.0. The predicted molar refractivity (Wildman–Crippen MR) is 319 cm³/mol. The van der Waals surface area contributed by atoms with Crippen LogP contribution in [0, 0.1) is 0 Å². The zero-order valence-corrected chi connectivity index (χ0v) is 41.7. The van der Waals surface area contributed by atoms with Gasteiger partial charge in [-0.05, 0) is 120 Å². The molecule has 1 aliphatic carbocycles. The Morgan fingerprint density at radius 1 is 0.273 bits per heavy atom. The zero-order chi connectivity index (χ0) is 50.6. The van der Waals surface area contributed by atoms with Crippen LogP contribution in [0.15, 0.2) is 249 Å². The van der Waals surface area contributed by atoms with E-state index in [1.165, 1.54) is 10.9 Å². The Bertz CT molecular complexity index is 4860. The third kappa shape index (κ3) is 6.73. The van der Waals surface area contributed by atoms with Crippen LogP contribution in [-0.2, 0) is 0 Å². The van der Waals surface area contributed by atoms with Gasteiger partial charge in [0.1, 0.15) is 0 Å². The third-order valence-corrected chi connectivity index (χ3v) is 15.6. The molecule has 0 spiro atoms. The number of rotatable bonds is 7. The van der Waals surface area contributed by atoms with E-state index >= 15 is 0 Å². The molecule has 0 unspecified atom stereocenters. The topological polar surface area (TPSA) is 58.4 Å². The van der Waals surface area contributed by atoms with Crippen molar-refractivity contribution in [2.45, 2.75) is 6.42 Å². The summed E-state index contributed by atoms with van der Waals surface area (Å²) >= 11 is 0. The molecule has 15 aromatic rings. The van der Waals surface area contributed by atoms with Gasteiger partial charge in [-0.1, -0.05) is 170 Å². The summed E-state index contributed by atoms with van der Waals surface area (Å²) in [6.45, 7) is 0. The van der Waals surface area contributed by atoms with Gasteiger partial charge in [0.15, 0.2) is 5.82 Å². The molecule has 77 heavy (non-hydrogen) atoms. The van der Waals surface area contributed by atoms with Crippen molar-refractivity contribution in [1.82, 2.24) is 33.2 Å². The van der Waals surface area contributed by atoms with Gasteiger partial charge in [0.25, 0.3) is 0 Å². The molecule has 0 amide bonds. The maximum absolute atomic E-state index is 5.70. The minimum absolute atomic E-state index is 0.526. The molecule has 0 fully saturated rings. The standard InChI is InChI=1S/C70H45N7/c1-6-22-45(23-7-1)47-38-48(46-24-8-2-9-25-46)40-49(39-47)68-71-69(76-62-36-20-17-32-54(62)58-41-64-56(43-66(58)76)52-30-14-5-15-34-60(52)74(64)50-26-10-3-11-27-50)73-70(72-68)77-63-37-21-18-33-55(63)59-42-65-57(44-67(59)77)53-31-16-19-35-61(53)75(65)51-28-12-4-13-29-51/h1-4,6-44H,5H2. The van der Waals surface area contributed by atoms with Gasteiger partial charge < -0.3 is 9.13 Å². The summed E-state index contributed by atoms with van der Waals surface area (Å²) in [7, 11) is 0. The molecule has 0 atom stereocenters. The number of fused-ring (bicyclic) bond motifs is 12. The first-order valence-electron chi connectivity index (χ1n) is 26.3. The lowest BCUT2D eigenvalue weighted by molar-refractivity contribution is 0.893. The molecule has 16 rings (SSSR count). The Kier molecular flexibility index (Phi) is 9.56. The zero-order valence-electron chi connectivity index (χ0n) is 41.7. The van der Waals surface area contributed by atoms with Gasteiger partial charge in [0.2, 0.25) is 11.9 Å². The van der Waals surface area contributed by atoms with Crippen molar-refractivity contribution in [2.24, 2.45) is 0 Å². The molecule has 0 N–H and O–H groups in total. The highest BCUT2D eigenvalue weighted by Gasteiger charge is 2.25. The Labute approximate surface area is 442 Å². The quantitative estimate of drug-likeness (QED) is 0.160. The summed E-state index contributed by atoms with van der Waals surface area (Å²) in [6, 6.07) is 84.8. The van der Waals surface area contributed by atoms with Gasteiger partial charge in [0.05, 0.1) is 44.3 Å². The van der Waals surface area contributed by atoms with E-state index < -0.39 is 0 Å². The van der Waals surface area contributed by atoms with E-state index in [0.29, 0.717) is 17.7 Å². The predicted octanol–water partition coefficient (Wildman–Crippen LogP) is 17.5. The highest BCUT2D eigenvalue weighted by atomic mass is 15.3. The molecular formula is C70H45N7. The van der Waals surface area contributed by atoms with Gasteiger partial charge in [-0.2, -0.15) is 15.0 Å². The average molecular weight is 984 g/mol. The second-order valence-corrected chi connectivity index (χ2v) is 20.0. The smallest absolute Gasteiger partial charge is 0.240 e. The van der Waals surface area contributed by atoms with Crippen LogP contribution >= 0.6 is 0 Å². The number of nitrogens with zero attached hydrogens (tertiary/aromatic N) is 7. The first-order chi connectivity index (χ1) is 38.2. The number of para-hydroxylation sites is 5. The van der Waals surface area contributed by atoms with Gasteiger partial charge in [-0.25, -0.2) is 0 Å². The molecule has 0 saturated carbocycles. The van der Waals surface area contributed by atoms with Crippen LogP contribution in [0.1, 0.15) is 17.7 Å². The molecule has 5 heterocycles. The molecule has 0 radical (unpaired) electrons. The maximum Gasteiger partial charge on any atom is 0.240 e. The van der Waals surface area contributed by atoms with E-state index in [1.807, 2.05) is 0 Å². The maximum atomic E-state index is 5.70. The summed E-state index contributed by atoms with van der Waals surface area (Å²) in [5, 5.41) is 7.92. The van der Waals surface area contributed by atoms with E-state index in [2.05, 4.69) is 279 Å². The van der Waals surface area contributed by atoms with Crippen molar-refractivity contribution < 1.29 is 0 Å². The van der Waals surface area contributed by atoms with E-state index in [4.69, 9.17) is 15.0 Å². The molecule has 0 bridgehead atoms. The SMILES string of the molecule is C1=Cc2c(n(-c3ccccc3)c3cc4c5ccccc5n(-c5nc(-c6cc(-c7ccccc7)cc(-c7ccccc7)c6)nc(-n6c7ccccc7c7cc8c(cc76)c6ccccc6n8-c6ccccc6)n5)c4cc23)C=CC1.